The summed E-state index contributed by atoms with van der Waals surface area (Å²) in [7, 11) is 0. The summed E-state index contributed by atoms with van der Waals surface area (Å²) in [5.41, 5.74) is 1.57. The maximum atomic E-state index is 10.8. The predicted octanol–water partition coefficient (Wildman–Crippen LogP) is 3.62. The summed E-state index contributed by atoms with van der Waals surface area (Å²) in [5.74, 6) is -1.09. The number of rotatable bonds is 4. The largest absolute Gasteiger partial charge is 0.545 e. The van der Waals surface area contributed by atoms with Crippen molar-refractivity contribution in [2.75, 3.05) is 0 Å². The van der Waals surface area contributed by atoms with Crippen molar-refractivity contribution in [3.8, 4) is 0 Å². The maximum Gasteiger partial charge on any atom is 0.0668 e. The highest BCUT2D eigenvalue weighted by molar-refractivity contribution is 6.02. The van der Waals surface area contributed by atoms with Crippen LogP contribution in [0, 0.1) is 0 Å². The van der Waals surface area contributed by atoms with Gasteiger partial charge in [0.15, 0.2) is 0 Å². The van der Waals surface area contributed by atoms with Crippen LogP contribution in [0.25, 0.3) is 21.5 Å². The topological polar surface area (TPSA) is 40.1 Å². The lowest BCUT2D eigenvalue weighted by molar-refractivity contribution is -0.299. The minimum Gasteiger partial charge on any atom is -0.545 e. The van der Waals surface area contributed by atoms with Gasteiger partial charge in [-0.2, -0.15) is 0 Å². The Bertz CT molecular complexity index is 821. The molecule has 0 atom stereocenters. The van der Waals surface area contributed by atoms with E-state index in [2.05, 4.69) is 30.3 Å². The molecule has 22 heavy (non-hydrogen) atoms. The second kappa shape index (κ2) is 6.02. The first-order valence-electron chi connectivity index (χ1n) is 7.44. The molecule has 0 radical (unpaired) electrons. The van der Waals surface area contributed by atoms with Gasteiger partial charge in [-0.3, -0.25) is 0 Å². The summed E-state index contributed by atoms with van der Waals surface area (Å²) < 4.78 is 0. The molecule has 0 aliphatic heterocycles. The molecular formula is C20H17O2-. The van der Waals surface area contributed by atoms with Gasteiger partial charge in [0.05, 0.1) is 5.97 Å². The van der Waals surface area contributed by atoms with Gasteiger partial charge in [0.1, 0.15) is 0 Å². The molecule has 0 fully saturated rings. The van der Waals surface area contributed by atoms with E-state index in [1.807, 2.05) is 24.3 Å². The molecule has 2 heteroatoms. The number of benzene rings is 3. The van der Waals surface area contributed by atoms with Crippen LogP contribution in [0.2, 0.25) is 0 Å². The van der Waals surface area contributed by atoms with Gasteiger partial charge in [-0.15, -0.1) is 0 Å². The van der Waals surface area contributed by atoms with Crippen LogP contribution in [0.3, 0.4) is 0 Å². The number of aliphatic carboxylic acids is 1. The fourth-order valence-corrected chi connectivity index (χ4v) is 2.89. The average Bonchev–Trinajstić information content (AvgIpc) is 2.53. The fraction of sp³-hybridized carbons (Fsp3) is 0.150. The van der Waals surface area contributed by atoms with Crippen LogP contribution in [0.1, 0.15) is 18.9 Å². The third-order valence-corrected chi connectivity index (χ3v) is 4.05. The van der Waals surface area contributed by atoms with Crippen molar-refractivity contribution in [3.63, 3.8) is 0 Å². The van der Waals surface area contributed by atoms with E-state index in [0.29, 0.717) is 12.0 Å². The van der Waals surface area contributed by atoms with E-state index in [-0.39, 0.29) is 0 Å². The minimum absolute atomic E-state index is 0.296. The molecule has 3 rings (SSSR count). The number of hydrogen-bond acceptors (Lipinski definition) is 2. The van der Waals surface area contributed by atoms with Crippen molar-refractivity contribution < 1.29 is 9.90 Å². The Kier molecular flexibility index (Phi) is 3.92. The van der Waals surface area contributed by atoms with Crippen molar-refractivity contribution in [2.24, 2.45) is 0 Å². The third kappa shape index (κ3) is 2.73. The highest BCUT2D eigenvalue weighted by Crippen LogP contribution is 2.29. The Labute approximate surface area is 129 Å². The monoisotopic (exact) mass is 289 g/mol. The summed E-state index contributed by atoms with van der Waals surface area (Å²) in [4.78, 5) is 10.8. The van der Waals surface area contributed by atoms with Gasteiger partial charge in [-0.05, 0) is 58.5 Å². The molecule has 0 bridgehead atoms. The lowest BCUT2D eigenvalue weighted by atomic mass is 9.94. The smallest absolute Gasteiger partial charge is 0.0668 e. The number of carboxylic acid groups (broad SMARTS) is 1. The van der Waals surface area contributed by atoms with Crippen LogP contribution in [-0.2, 0) is 11.2 Å². The molecule has 3 aromatic rings. The molecule has 0 N–H and O–H groups in total. The predicted molar refractivity (Wildman–Crippen MR) is 88.5 cm³/mol. The molecule has 0 amide bonds. The normalized spacial score (nSPS) is 12.0. The van der Waals surface area contributed by atoms with Crippen LogP contribution in [0.15, 0.2) is 66.2 Å². The molecule has 3 aromatic carbocycles. The van der Waals surface area contributed by atoms with Crippen molar-refractivity contribution in [1.29, 1.82) is 0 Å². The van der Waals surface area contributed by atoms with Gasteiger partial charge < -0.3 is 9.90 Å². The highest BCUT2D eigenvalue weighted by atomic mass is 16.4. The van der Waals surface area contributed by atoms with E-state index in [1.54, 1.807) is 13.0 Å². The highest BCUT2D eigenvalue weighted by Gasteiger charge is 2.06. The van der Waals surface area contributed by atoms with Crippen LogP contribution >= 0.6 is 0 Å². The molecular weight excluding hydrogens is 272 g/mol. The second-order valence-corrected chi connectivity index (χ2v) is 5.51. The maximum absolute atomic E-state index is 10.8. The van der Waals surface area contributed by atoms with Gasteiger partial charge in [0.2, 0.25) is 0 Å². The van der Waals surface area contributed by atoms with Crippen molar-refractivity contribution >= 4 is 27.5 Å². The van der Waals surface area contributed by atoms with E-state index in [4.69, 9.17) is 0 Å². The molecule has 0 aliphatic carbocycles. The molecule has 0 spiro atoms. The second-order valence-electron chi connectivity index (χ2n) is 5.51. The Balaban J connectivity index is 2.08. The Hall–Kier alpha value is -2.61. The molecule has 0 unspecified atom stereocenters. The Morgan fingerprint density at radius 2 is 1.55 bits per heavy atom. The first kappa shape index (κ1) is 14.3. The van der Waals surface area contributed by atoms with E-state index in [0.717, 1.165) is 6.42 Å². The number of hydrogen-bond donors (Lipinski definition) is 0. The van der Waals surface area contributed by atoms with Gasteiger partial charge >= 0.3 is 0 Å². The summed E-state index contributed by atoms with van der Waals surface area (Å²) >= 11 is 0. The molecule has 2 nitrogen and oxygen atoms in total. The first-order valence-corrected chi connectivity index (χ1v) is 7.44. The van der Waals surface area contributed by atoms with Crippen LogP contribution in [0.5, 0.6) is 0 Å². The van der Waals surface area contributed by atoms with Gasteiger partial charge in [-0.1, -0.05) is 54.6 Å². The van der Waals surface area contributed by atoms with Crippen molar-refractivity contribution in [1.82, 2.24) is 0 Å². The van der Waals surface area contributed by atoms with Gasteiger partial charge in [-0.25, -0.2) is 0 Å². The van der Waals surface area contributed by atoms with Gasteiger partial charge in [0.25, 0.3) is 0 Å². The van der Waals surface area contributed by atoms with Crippen LogP contribution in [0.4, 0.5) is 0 Å². The van der Waals surface area contributed by atoms with E-state index >= 15 is 0 Å². The SMILES string of the molecule is C/C(=C\CCc1c2ccccc2cc2ccccc12)C(=O)[O-]. The zero-order valence-corrected chi connectivity index (χ0v) is 12.5. The first-order chi connectivity index (χ1) is 10.7. The number of aryl methyl sites for hydroxylation is 1. The number of carboxylic acids is 1. The van der Waals surface area contributed by atoms with Gasteiger partial charge in [0, 0.05) is 0 Å². The number of fused-ring (bicyclic) bond motifs is 2. The number of allylic oxidation sites excluding steroid dienone is 1. The summed E-state index contributed by atoms with van der Waals surface area (Å²) in [6.07, 6.45) is 3.25. The van der Waals surface area contributed by atoms with Crippen LogP contribution in [-0.4, -0.2) is 5.97 Å². The zero-order chi connectivity index (χ0) is 15.5. The summed E-state index contributed by atoms with van der Waals surface area (Å²) in [5, 5.41) is 15.7. The van der Waals surface area contributed by atoms with Crippen LogP contribution < -0.4 is 5.11 Å². The van der Waals surface area contributed by atoms with Crippen molar-refractivity contribution in [2.45, 2.75) is 19.8 Å². The standard InChI is InChI=1S/C20H18O2/c1-14(20(21)22)7-6-12-19-17-10-4-2-8-15(17)13-16-9-3-5-11-18(16)19/h2-5,7-11,13H,6,12H2,1H3,(H,21,22)/p-1/b14-7+. The Morgan fingerprint density at radius 1 is 1.00 bits per heavy atom. The fourth-order valence-electron chi connectivity index (χ4n) is 2.89. The summed E-state index contributed by atoms with van der Waals surface area (Å²) in [6.45, 7) is 1.58. The summed E-state index contributed by atoms with van der Waals surface area (Å²) in [6, 6.07) is 18.9. The molecule has 110 valence electrons. The van der Waals surface area contributed by atoms with E-state index in [1.165, 1.54) is 27.1 Å². The molecule has 0 aliphatic rings. The van der Waals surface area contributed by atoms with E-state index < -0.39 is 5.97 Å². The average molecular weight is 289 g/mol. The molecule has 0 heterocycles. The lowest BCUT2D eigenvalue weighted by Gasteiger charge is -2.11. The minimum atomic E-state index is -1.09. The number of carbonyl (C=O) groups is 1. The molecule has 0 saturated heterocycles. The van der Waals surface area contributed by atoms with Crippen molar-refractivity contribution in [3.05, 3.63) is 71.8 Å². The zero-order valence-electron chi connectivity index (χ0n) is 12.5. The quantitative estimate of drug-likeness (QED) is 0.543. The third-order valence-electron chi connectivity index (χ3n) is 4.05. The Morgan fingerprint density at radius 3 is 2.09 bits per heavy atom. The molecule has 0 aromatic heterocycles. The van der Waals surface area contributed by atoms with E-state index in [9.17, 15) is 9.90 Å². The molecule has 0 saturated carbocycles. The number of carbonyl (C=O) groups excluding carboxylic acids is 1. The lowest BCUT2D eigenvalue weighted by Crippen LogP contribution is -2.22.